The number of hydrogen-bond acceptors (Lipinski definition) is 4. The van der Waals surface area contributed by atoms with Crippen LogP contribution in [0.25, 0.3) is 11.0 Å². The van der Waals surface area contributed by atoms with Crippen LogP contribution in [0.15, 0.2) is 29.0 Å². The van der Waals surface area contributed by atoms with Crippen molar-refractivity contribution in [2.75, 3.05) is 18.5 Å². The molecule has 0 aromatic carbocycles. The average Bonchev–Trinajstić information content (AvgIpc) is 2.97. The first kappa shape index (κ1) is 9.66. The number of rotatable bonds is 3. The van der Waals surface area contributed by atoms with Gasteiger partial charge in [0, 0.05) is 19.3 Å². The quantitative estimate of drug-likeness (QED) is 0.859. The Morgan fingerprint density at radius 1 is 1.44 bits per heavy atom. The second kappa shape index (κ2) is 4.14. The molecule has 1 aliphatic heterocycles. The minimum Gasteiger partial charge on any atom is -0.464 e. The molecule has 1 saturated heterocycles. The third-order valence-electron chi connectivity index (χ3n) is 2.90. The van der Waals surface area contributed by atoms with Crippen LogP contribution in [-0.2, 0) is 4.74 Å². The van der Waals surface area contributed by atoms with E-state index in [2.05, 4.69) is 10.3 Å². The molecule has 0 bridgehead atoms. The zero-order valence-corrected chi connectivity index (χ0v) is 8.98. The van der Waals surface area contributed by atoms with Gasteiger partial charge >= 0.3 is 0 Å². The summed E-state index contributed by atoms with van der Waals surface area (Å²) < 4.78 is 10.9. The lowest BCUT2D eigenvalue weighted by Crippen LogP contribution is -2.18. The minimum atomic E-state index is 0.323. The van der Waals surface area contributed by atoms with Crippen molar-refractivity contribution < 1.29 is 9.15 Å². The lowest BCUT2D eigenvalue weighted by molar-refractivity contribution is 0.120. The second-order valence-corrected chi connectivity index (χ2v) is 4.01. The third kappa shape index (κ3) is 1.76. The molecule has 1 aliphatic rings. The molecule has 0 spiro atoms. The molecule has 0 amide bonds. The lowest BCUT2D eigenvalue weighted by atomic mass is 10.2. The molecule has 0 aliphatic carbocycles. The minimum absolute atomic E-state index is 0.323. The molecule has 2 aromatic heterocycles. The Morgan fingerprint density at radius 2 is 2.44 bits per heavy atom. The van der Waals surface area contributed by atoms with Crippen LogP contribution in [0.3, 0.4) is 0 Å². The summed E-state index contributed by atoms with van der Waals surface area (Å²) in [6, 6.07) is 3.80. The van der Waals surface area contributed by atoms with E-state index in [-0.39, 0.29) is 0 Å². The second-order valence-electron chi connectivity index (χ2n) is 4.01. The highest BCUT2D eigenvalue weighted by Crippen LogP contribution is 2.22. The molecule has 3 heterocycles. The van der Waals surface area contributed by atoms with E-state index < -0.39 is 0 Å². The summed E-state index contributed by atoms with van der Waals surface area (Å²) in [6.45, 7) is 1.70. The number of nitrogens with one attached hydrogen (secondary N) is 1. The van der Waals surface area contributed by atoms with Gasteiger partial charge in [-0.1, -0.05) is 0 Å². The Balaban J connectivity index is 1.75. The number of furan rings is 1. The maximum Gasteiger partial charge on any atom is 0.139 e. The predicted octanol–water partition coefficient (Wildman–Crippen LogP) is 2.42. The highest BCUT2D eigenvalue weighted by molar-refractivity contribution is 5.87. The standard InChI is InChI=1S/C12H14N2O2/c1-2-9(15-6-1)8-14-12-10-4-7-16-11(10)3-5-13-12/h3-5,7,9H,1-2,6,8H2,(H,13,14). The average molecular weight is 218 g/mol. The van der Waals surface area contributed by atoms with Gasteiger partial charge in [-0.25, -0.2) is 4.98 Å². The molecule has 1 N–H and O–H groups in total. The zero-order chi connectivity index (χ0) is 10.8. The van der Waals surface area contributed by atoms with Crippen LogP contribution >= 0.6 is 0 Å². The number of aromatic nitrogens is 1. The summed E-state index contributed by atoms with van der Waals surface area (Å²) in [6.07, 6.45) is 6.06. The molecule has 4 nitrogen and oxygen atoms in total. The highest BCUT2D eigenvalue weighted by atomic mass is 16.5. The summed E-state index contributed by atoms with van der Waals surface area (Å²) in [5, 5.41) is 4.35. The fourth-order valence-corrected chi connectivity index (χ4v) is 2.05. The van der Waals surface area contributed by atoms with Crippen molar-refractivity contribution in [1.29, 1.82) is 0 Å². The molecule has 84 valence electrons. The molecule has 2 aromatic rings. The summed E-state index contributed by atoms with van der Waals surface area (Å²) in [7, 11) is 0. The predicted molar refractivity (Wildman–Crippen MR) is 61.5 cm³/mol. The van der Waals surface area contributed by atoms with E-state index in [4.69, 9.17) is 9.15 Å². The van der Waals surface area contributed by atoms with Crippen LogP contribution in [0.4, 0.5) is 5.82 Å². The van der Waals surface area contributed by atoms with Crippen LogP contribution in [-0.4, -0.2) is 24.2 Å². The maximum absolute atomic E-state index is 5.55. The van der Waals surface area contributed by atoms with Crippen molar-refractivity contribution in [2.45, 2.75) is 18.9 Å². The van der Waals surface area contributed by atoms with Gasteiger partial charge in [-0.15, -0.1) is 0 Å². The topological polar surface area (TPSA) is 47.3 Å². The van der Waals surface area contributed by atoms with Gasteiger partial charge in [0.2, 0.25) is 0 Å². The van der Waals surface area contributed by atoms with Crippen LogP contribution in [0.5, 0.6) is 0 Å². The van der Waals surface area contributed by atoms with Crippen molar-refractivity contribution in [1.82, 2.24) is 4.98 Å². The van der Waals surface area contributed by atoms with E-state index >= 15 is 0 Å². The molecule has 1 atom stereocenters. The summed E-state index contributed by atoms with van der Waals surface area (Å²) in [5.41, 5.74) is 0.866. The van der Waals surface area contributed by atoms with E-state index in [0.29, 0.717) is 6.10 Å². The fourth-order valence-electron chi connectivity index (χ4n) is 2.05. The van der Waals surface area contributed by atoms with Crippen LogP contribution in [0.1, 0.15) is 12.8 Å². The number of ether oxygens (including phenoxy) is 1. The summed E-state index contributed by atoms with van der Waals surface area (Å²) in [5.74, 6) is 0.877. The molecule has 1 fully saturated rings. The number of nitrogens with zero attached hydrogens (tertiary/aromatic N) is 1. The molecule has 3 rings (SSSR count). The molecule has 4 heteroatoms. The Hall–Kier alpha value is -1.55. The van der Waals surface area contributed by atoms with Gasteiger partial charge in [-0.05, 0) is 25.0 Å². The SMILES string of the molecule is c1cc2occc2c(NCC2CCCO2)n1. The molecule has 0 radical (unpaired) electrons. The van der Waals surface area contributed by atoms with Gasteiger partial charge in [-0.2, -0.15) is 0 Å². The fraction of sp³-hybridized carbons (Fsp3) is 0.417. The van der Waals surface area contributed by atoms with Crippen molar-refractivity contribution in [2.24, 2.45) is 0 Å². The third-order valence-corrected chi connectivity index (χ3v) is 2.90. The maximum atomic E-state index is 5.55. The monoisotopic (exact) mass is 218 g/mol. The Morgan fingerprint density at radius 3 is 3.31 bits per heavy atom. The van der Waals surface area contributed by atoms with Crippen molar-refractivity contribution in [3.8, 4) is 0 Å². The normalized spacial score (nSPS) is 20.4. The Bertz CT molecular complexity index is 475. The van der Waals surface area contributed by atoms with E-state index in [1.165, 1.54) is 0 Å². The lowest BCUT2D eigenvalue weighted by Gasteiger charge is -2.11. The first-order valence-corrected chi connectivity index (χ1v) is 5.61. The van der Waals surface area contributed by atoms with Gasteiger partial charge < -0.3 is 14.5 Å². The smallest absolute Gasteiger partial charge is 0.139 e. The Labute approximate surface area is 93.6 Å². The van der Waals surface area contributed by atoms with E-state index in [1.807, 2.05) is 12.1 Å². The number of pyridine rings is 1. The van der Waals surface area contributed by atoms with E-state index in [0.717, 1.165) is 42.8 Å². The van der Waals surface area contributed by atoms with E-state index in [9.17, 15) is 0 Å². The number of fused-ring (bicyclic) bond motifs is 1. The van der Waals surface area contributed by atoms with E-state index in [1.54, 1.807) is 12.5 Å². The molecular weight excluding hydrogens is 204 g/mol. The highest BCUT2D eigenvalue weighted by Gasteiger charge is 2.15. The van der Waals surface area contributed by atoms with Gasteiger partial charge in [0.1, 0.15) is 11.4 Å². The van der Waals surface area contributed by atoms with Gasteiger partial charge in [0.15, 0.2) is 0 Å². The zero-order valence-electron chi connectivity index (χ0n) is 8.98. The largest absolute Gasteiger partial charge is 0.464 e. The van der Waals surface area contributed by atoms with Crippen molar-refractivity contribution >= 4 is 16.8 Å². The van der Waals surface area contributed by atoms with Gasteiger partial charge in [0.25, 0.3) is 0 Å². The Kier molecular flexibility index (Phi) is 2.50. The van der Waals surface area contributed by atoms with Crippen molar-refractivity contribution in [3.05, 3.63) is 24.6 Å². The first-order chi connectivity index (χ1) is 7.93. The van der Waals surface area contributed by atoms with Gasteiger partial charge in [0.05, 0.1) is 17.8 Å². The van der Waals surface area contributed by atoms with Crippen LogP contribution < -0.4 is 5.32 Å². The molecule has 1 unspecified atom stereocenters. The summed E-state index contributed by atoms with van der Waals surface area (Å²) >= 11 is 0. The first-order valence-electron chi connectivity index (χ1n) is 5.61. The van der Waals surface area contributed by atoms with Crippen molar-refractivity contribution in [3.63, 3.8) is 0 Å². The summed E-state index contributed by atoms with van der Waals surface area (Å²) in [4.78, 5) is 4.31. The number of anilines is 1. The number of hydrogen-bond donors (Lipinski definition) is 1. The van der Waals surface area contributed by atoms with Crippen LogP contribution in [0.2, 0.25) is 0 Å². The van der Waals surface area contributed by atoms with Crippen LogP contribution in [0, 0.1) is 0 Å². The molecule has 0 saturated carbocycles. The molecular formula is C12H14N2O2. The van der Waals surface area contributed by atoms with Gasteiger partial charge in [-0.3, -0.25) is 0 Å². The molecule has 16 heavy (non-hydrogen) atoms.